The lowest BCUT2D eigenvalue weighted by Crippen LogP contribution is -2.40. The van der Waals surface area contributed by atoms with E-state index in [9.17, 15) is 49.0 Å². The molecule has 0 radical (unpaired) electrons. The largest absolute Gasteiger partial charge is 0.489 e. The normalized spacial score (nSPS) is 13.6. The summed E-state index contributed by atoms with van der Waals surface area (Å²) in [7, 11) is 0. The number of anilines is 1. The molecule has 0 aliphatic heterocycles. The first-order valence-corrected chi connectivity index (χ1v) is 12.0. The van der Waals surface area contributed by atoms with Crippen LogP contribution in [0.1, 0.15) is 11.1 Å². The quantitative estimate of drug-likeness (QED) is 0.192. The fourth-order valence-corrected chi connectivity index (χ4v) is 3.53. The Morgan fingerprint density at radius 3 is 1.98 bits per heavy atom. The zero-order valence-corrected chi connectivity index (χ0v) is 21.3. The number of aliphatic hydroxyl groups is 1. The molecule has 42 heavy (non-hydrogen) atoms. The molecule has 0 bridgehead atoms. The molecule has 2 unspecified atom stereocenters. The number of aliphatic hydroxyl groups excluding tert-OH is 1. The fourth-order valence-electron chi connectivity index (χ4n) is 3.53. The highest BCUT2D eigenvalue weighted by atomic mass is 19.4. The number of hydrogen-bond donors (Lipinski definition) is 1. The Hall–Kier alpha value is -3.88. The Kier molecular flexibility index (Phi) is 10.8. The highest BCUT2D eigenvalue weighted by Crippen LogP contribution is 2.31. The molecule has 0 aromatic heterocycles. The smallest absolute Gasteiger partial charge is 0.461 e. The summed E-state index contributed by atoms with van der Waals surface area (Å²) in [5.41, 5.74) is 0.556. The Bertz CT molecular complexity index is 1290. The standard InChI is InChI=1S/C27H23F10NO4/c28-23(29)24(30)41-20-8-2-5-17(11-20)15-40-19-7-3-6-18(12-19)38(14-22(39)26(33,34)35)13-16-4-1-9-21(10-16)42-27(36,37)25(31)32/h1-12,22-25,39H,13-15H2. The van der Waals surface area contributed by atoms with E-state index < -0.39 is 56.4 Å². The number of ether oxygens (including phenoxy) is 3. The third-order valence-electron chi connectivity index (χ3n) is 5.48. The van der Waals surface area contributed by atoms with Crippen LogP contribution in [0, 0.1) is 0 Å². The summed E-state index contributed by atoms with van der Waals surface area (Å²) in [5.74, 6) is -0.734. The second-order valence-corrected chi connectivity index (χ2v) is 8.79. The second-order valence-electron chi connectivity index (χ2n) is 8.79. The highest BCUT2D eigenvalue weighted by Gasteiger charge is 2.44. The summed E-state index contributed by atoms with van der Waals surface area (Å²) in [6.45, 7) is -1.59. The van der Waals surface area contributed by atoms with Gasteiger partial charge in [-0.15, -0.1) is 0 Å². The molecule has 0 heterocycles. The molecule has 3 rings (SSSR count). The van der Waals surface area contributed by atoms with Gasteiger partial charge in [0.1, 0.15) is 23.9 Å². The van der Waals surface area contributed by atoms with Gasteiger partial charge in [-0.3, -0.25) is 0 Å². The first-order chi connectivity index (χ1) is 19.6. The van der Waals surface area contributed by atoms with Crippen molar-refractivity contribution >= 4 is 5.69 Å². The van der Waals surface area contributed by atoms with Gasteiger partial charge in [0.2, 0.25) is 0 Å². The molecule has 0 saturated heterocycles. The predicted molar refractivity (Wildman–Crippen MR) is 130 cm³/mol. The van der Waals surface area contributed by atoms with Crippen molar-refractivity contribution < 1.29 is 63.2 Å². The zero-order valence-electron chi connectivity index (χ0n) is 21.3. The minimum Gasteiger partial charge on any atom is -0.489 e. The molecule has 0 aliphatic rings. The van der Waals surface area contributed by atoms with Crippen LogP contribution in [0.2, 0.25) is 0 Å². The summed E-state index contributed by atoms with van der Waals surface area (Å²) in [6, 6.07) is 15.4. The third-order valence-corrected chi connectivity index (χ3v) is 5.48. The van der Waals surface area contributed by atoms with Crippen LogP contribution in [0.3, 0.4) is 0 Å². The first kappa shape index (κ1) is 32.6. The number of hydrogen-bond acceptors (Lipinski definition) is 5. The molecule has 0 spiro atoms. The SMILES string of the molecule is OC(CN(Cc1cccc(OC(F)(F)C(F)F)c1)c1cccc(OCc2cccc(OC(F)C(F)F)c2)c1)C(F)(F)F. The van der Waals surface area contributed by atoms with Gasteiger partial charge >= 0.3 is 25.1 Å². The summed E-state index contributed by atoms with van der Waals surface area (Å²) < 4.78 is 143. The molecule has 3 aromatic carbocycles. The van der Waals surface area contributed by atoms with Crippen molar-refractivity contribution in [1.29, 1.82) is 0 Å². The lowest BCUT2D eigenvalue weighted by atomic mass is 10.1. The van der Waals surface area contributed by atoms with Crippen LogP contribution >= 0.6 is 0 Å². The van der Waals surface area contributed by atoms with Gasteiger partial charge < -0.3 is 24.2 Å². The number of benzene rings is 3. The summed E-state index contributed by atoms with van der Waals surface area (Å²) >= 11 is 0. The van der Waals surface area contributed by atoms with E-state index >= 15 is 0 Å². The van der Waals surface area contributed by atoms with Crippen LogP contribution in [0.25, 0.3) is 0 Å². The van der Waals surface area contributed by atoms with E-state index in [2.05, 4.69) is 9.47 Å². The Morgan fingerprint density at radius 1 is 0.738 bits per heavy atom. The molecule has 0 aliphatic carbocycles. The minimum absolute atomic E-state index is 0.0880. The molecule has 1 N–H and O–H groups in total. The first-order valence-electron chi connectivity index (χ1n) is 12.0. The van der Waals surface area contributed by atoms with Gasteiger partial charge in [-0.05, 0) is 47.5 Å². The predicted octanol–water partition coefficient (Wildman–Crippen LogP) is 7.37. The van der Waals surface area contributed by atoms with E-state index in [0.717, 1.165) is 17.0 Å². The average Bonchev–Trinajstić information content (AvgIpc) is 2.91. The molecule has 0 fully saturated rings. The fraction of sp³-hybridized carbons (Fsp3) is 0.333. The zero-order chi connectivity index (χ0) is 31.1. The van der Waals surface area contributed by atoms with Crippen LogP contribution in [0.4, 0.5) is 49.6 Å². The van der Waals surface area contributed by atoms with E-state index in [1.165, 1.54) is 60.7 Å². The lowest BCUT2D eigenvalue weighted by molar-refractivity contribution is -0.253. The van der Waals surface area contributed by atoms with Crippen LogP contribution in [0.5, 0.6) is 17.2 Å². The van der Waals surface area contributed by atoms with E-state index in [0.29, 0.717) is 5.56 Å². The van der Waals surface area contributed by atoms with Crippen LogP contribution in [-0.2, 0) is 13.2 Å². The molecule has 2 atom stereocenters. The van der Waals surface area contributed by atoms with Gasteiger partial charge in [-0.25, -0.2) is 8.78 Å². The van der Waals surface area contributed by atoms with E-state index in [4.69, 9.17) is 4.74 Å². The topological polar surface area (TPSA) is 51.2 Å². The number of halogens is 10. The summed E-state index contributed by atoms with van der Waals surface area (Å²) in [6.07, 6.45) is -23.0. The van der Waals surface area contributed by atoms with Crippen LogP contribution < -0.4 is 19.1 Å². The molecular weight excluding hydrogens is 592 g/mol. The number of alkyl halides is 10. The summed E-state index contributed by atoms with van der Waals surface area (Å²) in [5, 5.41) is 9.72. The van der Waals surface area contributed by atoms with Crippen molar-refractivity contribution in [2.24, 2.45) is 0 Å². The molecule has 5 nitrogen and oxygen atoms in total. The maximum absolute atomic E-state index is 13.3. The second kappa shape index (κ2) is 13.9. The van der Waals surface area contributed by atoms with Crippen molar-refractivity contribution in [2.75, 3.05) is 11.4 Å². The Balaban J connectivity index is 1.80. The van der Waals surface area contributed by atoms with Crippen molar-refractivity contribution in [3.8, 4) is 17.2 Å². The minimum atomic E-state index is -5.01. The van der Waals surface area contributed by atoms with Gasteiger partial charge in [0.15, 0.2) is 6.10 Å². The van der Waals surface area contributed by atoms with E-state index in [-0.39, 0.29) is 29.4 Å². The van der Waals surface area contributed by atoms with Crippen molar-refractivity contribution in [2.45, 2.75) is 50.7 Å². The average molecular weight is 615 g/mol. The molecule has 3 aromatic rings. The van der Waals surface area contributed by atoms with Crippen LogP contribution in [-0.4, -0.2) is 49.2 Å². The maximum atomic E-state index is 13.3. The van der Waals surface area contributed by atoms with Gasteiger partial charge in [-0.2, -0.15) is 35.1 Å². The van der Waals surface area contributed by atoms with E-state index in [1.54, 1.807) is 0 Å². The maximum Gasteiger partial charge on any atom is 0.461 e. The van der Waals surface area contributed by atoms with Crippen molar-refractivity contribution in [1.82, 2.24) is 0 Å². The Morgan fingerprint density at radius 2 is 1.33 bits per heavy atom. The van der Waals surface area contributed by atoms with Crippen molar-refractivity contribution in [3.05, 3.63) is 83.9 Å². The molecular formula is C27H23F10NO4. The monoisotopic (exact) mass is 615 g/mol. The van der Waals surface area contributed by atoms with Gasteiger partial charge in [-0.1, -0.05) is 30.3 Å². The van der Waals surface area contributed by atoms with Gasteiger partial charge in [0.05, 0.1) is 6.54 Å². The van der Waals surface area contributed by atoms with Crippen molar-refractivity contribution in [3.63, 3.8) is 0 Å². The lowest BCUT2D eigenvalue weighted by Gasteiger charge is -2.29. The molecule has 230 valence electrons. The van der Waals surface area contributed by atoms with E-state index in [1.807, 2.05) is 0 Å². The van der Waals surface area contributed by atoms with Gasteiger partial charge in [0.25, 0.3) is 6.36 Å². The Labute approximate surface area is 232 Å². The highest BCUT2D eigenvalue weighted by molar-refractivity contribution is 5.52. The molecule has 15 heteroatoms. The number of nitrogens with zero attached hydrogens (tertiary/aromatic N) is 1. The van der Waals surface area contributed by atoms with Gasteiger partial charge in [0, 0.05) is 18.3 Å². The molecule has 0 amide bonds. The number of rotatable bonds is 14. The van der Waals surface area contributed by atoms with Crippen LogP contribution in [0.15, 0.2) is 72.8 Å². The summed E-state index contributed by atoms with van der Waals surface area (Å²) in [4.78, 5) is 1.05. The molecule has 0 saturated carbocycles. The third kappa shape index (κ3) is 9.60.